The van der Waals surface area contributed by atoms with Gasteiger partial charge in [-0.05, 0) is 13.0 Å². The van der Waals surface area contributed by atoms with Gasteiger partial charge in [0.15, 0.2) is 0 Å². The number of amides is 1. The SMILES string of the molecule is CCn1ccc(CC(=O)NCC(=O)O)n1. The van der Waals surface area contributed by atoms with Gasteiger partial charge in [0.2, 0.25) is 5.91 Å². The van der Waals surface area contributed by atoms with E-state index in [0.717, 1.165) is 6.54 Å². The Kier molecular flexibility index (Phi) is 3.84. The van der Waals surface area contributed by atoms with Gasteiger partial charge in [0.05, 0.1) is 12.1 Å². The highest BCUT2D eigenvalue weighted by Gasteiger charge is 2.07. The second-order valence-electron chi connectivity index (χ2n) is 3.01. The van der Waals surface area contributed by atoms with Crippen LogP contribution in [0.1, 0.15) is 12.6 Å². The predicted octanol–water partition coefficient (Wildman–Crippen LogP) is -0.354. The maximum atomic E-state index is 11.2. The van der Waals surface area contributed by atoms with Gasteiger partial charge in [-0.3, -0.25) is 14.3 Å². The standard InChI is InChI=1S/C9H13N3O3/c1-2-12-4-3-7(11-12)5-8(13)10-6-9(14)15/h3-4H,2,5-6H2,1H3,(H,10,13)(H,14,15). The summed E-state index contributed by atoms with van der Waals surface area (Å²) in [6.45, 7) is 2.34. The number of aliphatic carboxylic acids is 1. The van der Waals surface area contributed by atoms with E-state index in [4.69, 9.17) is 5.11 Å². The molecule has 0 aliphatic carbocycles. The molecule has 0 atom stereocenters. The van der Waals surface area contributed by atoms with Crippen LogP contribution >= 0.6 is 0 Å². The topological polar surface area (TPSA) is 84.2 Å². The molecular weight excluding hydrogens is 198 g/mol. The third-order valence-corrected chi connectivity index (χ3v) is 1.80. The van der Waals surface area contributed by atoms with Crippen LogP contribution in [-0.4, -0.2) is 33.3 Å². The highest BCUT2D eigenvalue weighted by Crippen LogP contribution is 1.96. The van der Waals surface area contributed by atoms with E-state index < -0.39 is 5.97 Å². The van der Waals surface area contributed by atoms with Crippen molar-refractivity contribution in [1.29, 1.82) is 0 Å². The molecule has 0 saturated carbocycles. The highest BCUT2D eigenvalue weighted by atomic mass is 16.4. The molecule has 1 rings (SSSR count). The average molecular weight is 211 g/mol. The minimum Gasteiger partial charge on any atom is -0.480 e. The van der Waals surface area contributed by atoms with Gasteiger partial charge >= 0.3 is 5.97 Å². The Hall–Kier alpha value is -1.85. The fraction of sp³-hybridized carbons (Fsp3) is 0.444. The molecule has 6 heteroatoms. The van der Waals surface area contributed by atoms with Crippen LogP contribution < -0.4 is 5.32 Å². The van der Waals surface area contributed by atoms with Crippen molar-refractivity contribution in [2.24, 2.45) is 0 Å². The second-order valence-corrected chi connectivity index (χ2v) is 3.01. The fourth-order valence-corrected chi connectivity index (χ4v) is 1.08. The molecule has 0 spiro atoms. The van der Waals surface area contributed by atoms with Crippen LogP contribution in [0.3, 0.4) is 0 Å². The van der Waals surface area contributed by atoms with Crippen LogP contribution in [0.4, 0.5) is 0 Å². The highest BCUT2D eigenvalue weighted by molar-refractivity contribution is 5.82. The summed E-state index contributed by atoms with van der Waals surface area (Å²) in [5.74, 6) is -1.39. The van der Waals surface area contributed by atoms with Gasteiger partial charge in [-0.15, -0.1) is 0 Å². The van der Waals surface area contributed by atoms with Crippen molar-refractivity contribution in [2.75, 3.05) is 6.54 Å². The van der Waals surface area contributed by atoms with E-state index in [0.29, 0.717) is 5.69 Å². The number of hydrogen-bond acceptors (Lipinski definition) is 3. The number of hydrogen-bond donors (Lipinski definition) is 2. The minimum absolute atomic E-state index is 0.111. The van der Waals surface area contributed by atoms with E-state index in [9.17, 15) is 9.59 Å². The number of carboxylic acids is 1. The van der Waals surface area contributed by atoms with Gasteiger partial charge < -0.3 is 10.4 Å². The summed E-state index contributed by atoms with van der Waals surface area (Å²) < 4.78 is 1.71. The maximum Gasteiger partial charge on any atom is 0.322 e. The van der Waals surface area contributed by atoms with Crippen molar-refractivity contribution in [3.63, 3.8) is 0 Å². The Balaban J connectivity index is 2.40. The lowest BCUT2D eigenvalue weighted by atomic mass is 10.3. The molecule has 0 radical (unpaired) electrons. The minimum atomic E-state index is -1.05. The monoisotopic (exact) mass is 211 g/mol. The summed E-state index contributed by atoms with van der Waals surface area (Å²) in [6.07, 6.45) is 1.89. The van der Waals surface area contributed by atoms with Gasteiger partial charge in [-0.2, -0.15) is 5.10 Å². The van der Waals surface area contributed by atoms with Crippen molar-refractivity contribution in [3.05, 3.63) is 18.0 Å². The Labute approximate surface area is 86.9 Å². The van der Waals surface area contributed by atoms with Crippen LogP contribution in [-0.2, 0) is 22.6 Å². The largest absolute Gasteiger partial charge is 0.480 e. The molecule has 1 aromatic rings. The van der Waals surface area contributed by atoms with Crippen molar-refractivity contribution in [1.82, 2.24) is 15.1 Å². The molecule has 1 aromatic heterocycles. The van der Waals surface area contributed by atoms with E-state index in [1.165, 1.54) is 0 Å². The quantitative estimate of drug-likeness (QED) is 0.697. The predicted molar refractivity (Wildman–Crippen MR) is 52.3 cm³/mol. The van der Waals surface area contributed by atoms with E-state index in [1.807, 2.05) is 6.92 Å². The first-order chi connectivity index (χ1) is 7.11. The number of rotatable bonds is 5. The summed E-state index contributed by atoms with van der Waals surface area (Å²) in [5.41, 5.74) is 0.639. The third kappa shape index (κ3) is 3.80. The van der Waals surface area contributed by atoms with Crippen molar-refractivity contribution in [3.8, 4) is 0 Å². The number of carbonyl (C=O) groups excluding carboxylic acids is 1. The molecule has 0 bridgehead atoms. The van der Waals surface area contributed by atoms with Gasteiger partial charge in [-0.25, -0.2) is 0 Å². The summed E-state index contributed by atoms with van der Waals surface area (Å²) >= 11 is 0. The lowest BCUT2D eigenvalue weighted by Crippen LogP contribution is -2.30. The number of nitrogens with zero attached hydrogens (tertiary/aromatic N) is 2. The van der Waals surface area contributed by atoms with Crippen molar-refractivity contribution in [2.45, 2.75) is 19.9 Å². The first-order valence-corrected chi connectivity index (χ1v) is 4.62. The van der Waals surface area contributed by atoms with Crippen LogP contribution in [0.2, 0.25) is 0 Å². The molecule has 0 aliphatic rings. The van der Waals surface area contributed by atoms with Crippen LogP contribution in [0.5, 0.6) is 0 Å². The van der Waals surface area contributed by atoms with Gasteiger partial charge in [0, 0.05) is 12.7 Å². The second kappa shape index (κ2) is 5.14. The van der Waals surface area contributed by atoms with E-state index in [-0.39, 0.29) is 18.9 Å². The molecular formula is C9H13N3O3. The summed E-state index contributed by atoms with van der Waals surface area (Å²) in [4.78, 5) is 21.4. The van der Waals surface area contributed by atoms with Gasteiger partial charge in [-0.1, -0.05) is 0 Å². The van der Waals surface area contributed by atoms with Crippen molar-refractivity contribution >= 4 is 11.9 Å². The fourth-order valence-electron chi connectivity index (χ4n) is 1.08. The Morgan fingerprint density at radius 3 is 2.87 bits per heavy atom. The van der Waals surface area contributed by atoms with E-state index >= 15 is 0 Å². The molecule has 0 unspecified atom stereocenters. The van der Waals surface area contributed by atoms with E-state index in [2.05, 4.69) is 10.4 Å². The summed E-state index contributed by atoms with van der Waals surface area (Å²) in [6, 6.07) is 1.74. The lowest BCUT2D eigenvalue weighted by Gasteiger charge is -1.99. The van der Waals surface area contributed by atoms with Crippen LogP contribution in [0.15, 0.2) is 12.3 Å². The first-order valence-electron chi connectivity index (χ1n) is 4.62. The average Bonchev–Trinajstić information content (AvgIpc) is 2.62. The lowest BCUT2D eigenvalue weighted by molar-refractivity contribution is -0.137. The molecule has 2 N–H and O–H groups in total. The van der Waals surface area contributed by atoms with Crippen LogP contribution in [0, 0.1) is 0 Å². The molecule has 6 nitrogen and oxygen atoms in total. The first kappa shape index (κ1) is 11.2. The molecule has 1 amide bonds. The van der Waals surface area contributed by atoms with E-state index in [1.54, 1.807) is 16.9 Å². The Morgan fingerprint density at radius 2 is 2.33 bits per heavy atom. The molecule has 1 heterocycles. The number of nitrogens with one attached hydrogen (secondary N) is 1. The third-order valence-electron chi connectivity index (χ3n) is 1.80. The normalized spacial score (nSPS) is 9.93. The molecule has 0 fully saturated rings. The Morgan fingerprint density at radius 1 is 1.60 bits per heavy atom. The van der Waals surface area contributed by atoms with Crippen molar-refractivity contribution < 1.29 is 14.7 Å². The molecule has 0 aliphatic heterocycles. The number of carboxylic acid groups (broad SMARTS) is 1. The zero-order valence-electron chi connectivity index (χ0n) is 8.43. The van der Waals surface area contributed by atoms with Gasteiger partial charge in [0.1, 0.15) is 6.54 Å². The molecule has 0 aromatic carbocycles. The zero-order chi connectivity index (χ0) is 11.3. The summed E-state index contributed by atoms with van der Waals surface area (Å²) in [7, 11) is 0. The molecule has 15 heavy (non-hydrogen) atoms. The number of aryl methyl sites for hydroxylation is 1. The number of carbonyl (C=O) groups is 2. The Bertz CT molecular complexity index is 359. The zero-order valence-corrected chi connectivity index (χ0v) is 8.43. The molecule has 0 saturated heterocycles. The summed E-state index contributed by atoms with van der Waals surface area (Å²) in [5, 5.41) is 14.7. The van der Waals surface area contributed by atoms with Gasteiger partial charge in [0.25, 0.3) is 0 Å². The maximum absolute atomic E-state index is 11.2. The molecule has 82 valence electrons. The van der Waals surface area contributed by atoms with Crippen LogP contribution in [0.25, 0.3) is 0 Å². The smallest absolute Gasteiger partial charge is 0.322 e. The number of aromatic nitrogens is 2.